The molecule has 4 aliphatic rings. The average molecular weight is 379 g/mol. The second kappa shape index (κ2) is 6.58. The summed E-state index contributed by atoms with van der Waals surface area (Å²) in [5.41, 5.74) is 5.38. The van der Waals surface area contributed by atoms with Crippen molar-refractivity contribution < 1.29 is 0 Å². The summed E-state index contributed by atoms with van der Waals surface area (Å²) >= 11 is 0. The molecule has 4 aliphatic heterocycles. The van der Waals surface area contributed by atoms with Gasteiger partial charge in [-0.3, -0.25) is 9.80 Å². The van der Waals surface area contributed by atoms with Crippen LogP contribution in [0, 0.1) is 5.41 Å². The second-order valence-electron chi connectivity index (χ2n) is 9.67. The molecule has 0 bridgehead atoms. The van der Waals surface area contributed by atoms with Gasteiger partial charge in [-0.2, -0.15) is 0 Å². The smallest absolute Gasteiger partial charge is 0.0561 e. The zero-order chi connectivity index (χ0) is 18.7. The molecule has 150 valence electrons. The highest BCUT2D eigenvalue weighted by Gasteiger charge is 2.53. The van der Waals surface area contributed by atoms with Crippen LogP contribution in [0.2, 0.25) is 0 Å². The van der Waals surface area contributed by atoms with E-state index in [1.807, 2.05) is 0 Å². The number of hydrogen-bond donors (Lipinski definition) is 1. The van der Waals surface area contributed by atoms with Gasteiger partial charge in [0.05, 0.1) is 6.04 Å². The number of benzene rings is 1. The van der Waals surface area contributed by atoms with Gasteiger partial charge in [-0.15, -0.1) is 0 Å². The number of piperazine rings is 1. The van der Waals surface area contributed by atoms with Gasteiger partial charge in [0.1, 0.15) is 0 Å². The number of para-hydroxylation sites is 1. The highest BCUT2D eigenvalue weighted by Crippen LogP contribution is 2.59. The lowest BCUT2D eigenvalue weighted by Gasteiger charge is -2.57. The van der Waals surface area contributed by atoms with Crippen LogP contribution < -0.4 is 5.32 Å². The molecule has 1 aromatic carbocycles. The van der Waals surface area contributed by atoms with Crippen LogP contribution in [0.25, 0.3) is 10.9 Å². The number of piperidine rings is 1. The summed E-state index contributed by atoms with van der Waals surface area (Å²) in [7, 11) is 0. The lowest BCUT2D eigenvalue weighted by Crippen LogP contribution is -2.54. The average Bonchev–Trinajstić information content (AvgIpc) is 3.09. The predicted molar refractivity (Wildman–Crippen MR) is 115 cm³/mol. The second-order valence-corrected chi connectivity index (χ2v) is 9.67. The molecule has 0 spiro atoms. The van der Waals surface area contributed by atoms with Gasteiger partial charge in [0.25, 0.3) is 0 Å². The normalized spacial score (nSPS) is 33.2. The van der Waals surface area contributed by atoms with Crippen molar-refractivity contribution >= 4 is 10.9 Å². The standard InChI is InChI=1S/C24H34N4/c1-2-24-9-5-12-27-13-8-20-19-6-3-4-7-21(19)28(22(20)23(24)27)18(16-24)17-26-14-10-25-11-15-26/h3-4,6-7,18,23,25H,2,5,8-17H2,1H3/t18?,23-,24+/m1/s1. The molecule has 0 saturated carbocycles. The summed E-state index contributed by atoms with van der Waals surface area (Å²) < 4.78 is 2.82. The molecule has 2 saturated heterocycles. The number of hydrogen-bond acceptors (Lipinski definition) is 3. The highest BCUT2D eigenvalue weighted by atomic mass is 15.3. The molecule has 0 amide bonds. The van der Waals surface area contributed by atoms with Crippen molar-refractivity contribution in [3.8, 4) is 0 Å². The number of rotatable bonds is 3. The van der Waals surface area contributed by atoms with E-state index in [1.165, 1.54) is 70.3 Å². The first-order valence-electron chi connectivity index (χ1n) is 11.6. The Morgan fingerprint density at radius 1 is 1.11 bits per heavy atom. The molecule has 6 rings (SSSR count). The Labute approximate surface area is 168 Å². The Bertz CT molecular complexity index is 880. The maximum atomic E-state index is 3.53. The monoisotopic (exact) mass is 378 g/mol. The molecular weight excluding hydrogens is 344 g/mol. The van der Waals surface area contributed by atoms with Crippen molar-refractivity contribution in [2.24, 2.45) is 5.41 Å². The number of fused-ring (bicyclic) bond motifs is 3. The van der Waals surface area contributed by atoms with E-state index in [1.54, 1.807) is 16.6 Å². The third-order valence-electron chi connectivity index (χ3n) is 8.42. The van der Waals surface area contributed by atoms with Gasteiger partial charge in [0.15, 0.2) is 0 Å². The van der Waals surface area contributed by atoms with E-state index in [-0.39, 0.29) is 0 Å². The van der Waals surface area contributed by atoms with Gasteiger partial charge in [0, 0.05) is 61.9 Å². The van der Waals surface area contributed by atoms with Crippen molar-refractivity contribution in [1.29, 1.82) is 0 Å². The lowest BCUT2D eigenvalue weighted by atomic mass is 9.63. The quantitative estimate of drug-likeness (QED) is 0.883. The van der Waals surface area contributed by atoms with Crippen LogP contribution in [0.5, 0.6) is 0 Å². The third-order valence-corrected chi connectivity index (χ3v) is 8.42. The van der Waals surface area contributed by atoms with E-state index >= 15 is 0 Å². The van der Waals surface area contributed by atoms with Crippen molar-refractivity contribution in [2.75, 3.05) is 45.8 Å². The van der Waals surface area contributed by atoms with Gasteiger partial charge in [0.2, 0.25) is 0 Å². The Morgan fingerprint density at radius 2 is 1.96 bits per heavy atom. The largest absolute Gasteiger partial charge is 0.338 e. The van der Waals surface area contributed by atoms with Crippen LogP contribution in [0.3, 0.4) is 0 Å². The highest BCUT2D eigenvalue weighted by molar-refractivity contribution is 5.86. The zero-order valence-corrected chi connectivity index (χ0v) is 17.3. The van der Waals surface area contributed by atoms with Gasteiger partial charge < -0.3 is 9.88 Å². The maximum Gasteiger partial charge on any atom is 0.0561 e. The molecule has 3 atom stereocenters. The van der Waals surface area contributed by atoms with Crippen LogP contribution in [0.15, 0.2) is 24.3 Å². The molecule has 0 aliphatic carbocycles. The first kappa shape index (κ1) is 17.5. The number of nitrogens with zero attached hydrogens (tertiary/aromatic N) is 3. The summed E-state index contributed by atoms with van der Waals surface area (Å²) in [6, 6.07) is 10.6. The van der Waals surface area contributed by atoms with Crippen LogP contribution in [0.4, 0.5) is 0 Å². The molecule has 4 heteroatoms. The summed E-state index contributed by atoms with van der Waals surface area (Å²) in [5, 5.41) is 5.07. The topological polar surface area (TPSA) is 23.4 Å². The van der Waals surface area contributed by atoms with Crippen molar-refractivity contribution in [1.82, 2.24) is 19.7 Å². The molecule has 2 fully saturated rings. The van der Waals surface area contributed by atoms with Crippen LogP contribution in [-0.4, -0.2) is 60.2 Å². The molecule has 5 heterocycles. The van der Waals surface area contributed by atoms with Crippen molar-refractivity contribution in [3.05, 3.63) is 35.5 Å². The van der Waals surface area contributed by atoms with Gasteiger partial charge >= 0.3 is 0 Å². The van der Waals surface area contributed by atoms with E-state index in [2.05, 4.69) is 50.9 Å². The molecule has 1 N–H and O–H groups in total. The van der Waals surface area contributed by atoms with Crippen LogP contribution >= 0.6 is 0 Å². The Hall–Kier alpha value is -1.36. The Balaban J connectivity index is 1.53. The van der Waals surface area contributed by atoms with E-state index < -0.39 is 0 Å². The first-order valence-corrected chi connectivity index (χ1v) is 11.6. The van der Waals surface area contributed by atoms with Crippen LogP contribution in [0.1, 0.15) is 55.9 Å². The minimum atomic E-state index is 0.483. The van der Waals surface area contributed by atoms with Crippen molar-refractivity contribution in [3.63, 3.8) is 0 Å². The fraction of sp³-hybridized carbons (Fsp3) is 0.667. The fourth-order valence-electron chi connectivity index (χ4n) is 7.18. The summed E-state index contributed by atoms with van der Waals surface area (Å²) in [6.07, 6.45) is 6.73. The summed E-state index contributed by atoms with van der Waals surface area (Å²) in [6.45, 7) is 10.9. The minimum absolute atomic E-state index is 0.483. The molecule has 28 heavy (non-hydrogen) atoms. The van der Waals surface area contributed by atoms with E-state index in [9.17, 15) is 0 Å². The zero-order valence-electron chi connectivity index (χ0n) is 17.3. The van der Waals surface area contributed by atoms with Gasteiger partial charge in [-0.25, -0.2) is 0 Å². The molecule has 1 aromatic heterocycles. The van der Waals surface area contributed by atoms with Gasteiger partial charge in [-0.05, 0) is 55.7 Å². The van der Waals surface area contributed by atoms with E-state index in [0.717, 1.165) is 13.1 Å². The van der Waals surface area contributed by atoms with Crippen LogP contribution in [-0.2, 0) is 6.42 Å². The number of nitrogens with one attached hydrogen (secondary N) is 1. The van der Waals surface area contributed by atoms with E-state index in [0.29, 0.717) is 17.5 Å². The first-order chi connectivity index (χ1) is 13.8. The Morgan fingerprint density at radius 3 is 2.82 bits per heavy atom. The maximum absolute atomic E-state index is 3.53. The SMILES string of the molecule is CC[C@]12CCCN3CCc4c(n(c5ccccc45)C(CN4CCNCC4)C1)[C@@H]32. The number of aromatic nitrogens is 1. The summed E-state index contributed by atoms with van der Waals surface area (Å²) in [4.78, 5) is 5.57. The molecule has 0 radical (unpaired) electrons. The molecule has 4 nitrogen and oxygen atoms in total. The molecule has 1 unspecified atom stereocenters. The van der Waals surface area contributed by atoms with E-state index in [4.69, 9.17) is 0 Å². The third kappa shape index (κ3) is 2.41. The van der Waals surface area contributed by atoms with Gasteiger partial charge in [-0.1, -0.05) is 25.1 Å². The molecule has 2 aromatic rings. The lowest BCUT2D eigenvalue weighted by molar-refractivity contribution is -0.0398. The minimum Gasteiger partial charge on any atom is -0.338 e. The summed E-state index contributed by atoms with van der Waals surface area (Å²) in [5.74, 6) is 0. The Kier molecular flexibility index (Phi) is 4.11. The van der Waals surface area contributed by atoms with Crippen molar-refractivity contribution in [2.45, 2.75) is 51.1 Å². The fourth-order valence-corrected chi connectivity index (χ4v) is 7.18. The molecular formula is C24H34N4. The predicted octanol–water partition coefficient (Wildman–Crippen LogP) is 3.58.